The van der Waals surface area contributed by atoms with Crippen molar-refractivity contribution in [2.24, 2.45) is 0 Å². The fraction of sp³-hybridized carbons (Fsp3) is 0.273. The van der Waals surface area contributed by atoms with E-state index < -0.39 is 17.2 Å². The van der Waals surface area contributed by atoms with Crippen molar-refractivity contribution in [1.29, 1.82) is 0 Å². The molecule has 2 heterocycles. The Labute approximate surface area is 218 Å². The number of aromatic nitrogens is 1. The molecule has 1 aromatic heterocycles. The van der Waals surface area contributed by atoms with Crippen molar-refractivity contribution in [3.8, 4) is 5.75 Å². The molecule has 4 rings (SSSR count). The molecule has 1 amide bonds. The van der Waals surface area contributed by atoms with Crippen LogP contribution in [0.5, 0.6) is 5.75 Å². The Bertz CT molecular complexity index is 1130. The molecule has 3 aromatic rings. The van der Waals surface area contributed by atoms with Gasteiger partial charge in [-0.1, -0.05) is 29.3 Å². The van der Waals surface area contributed by atoms with Gasteiger partial charge in [-0.15, -0.1) is 11.3 Å². The summed E-state index contributed by atoms with van der Waals surface area (Å²) in [5.41, 5.74) is 6.10. The molecule has 1 aliphatic heterocycles. The van der Waals surface area contributed by atoms with Crippen LogP contribution in [0, 0.1) is 0 Å². The average molecular weight is 549 g/mol. The summed E-state index contributed by atoms with van der Waals surface area (Å²) in [6.45, 7) is 3.05. The lowest BCUT2D eigenvalue weighted by Crippen LogP contribution is -2.43. The van der Waals surface area contributed by atoms with Crippen LogP contribution >= 0.6 is 34.5 Å². The van der Waals surface area contributed by atoms with E-state index >= 15 is 0 Å². The van der Waals surface area contributed by atoms with E-state index in [9.17, 15) is 13.6 Å². The van der Waals surface area contributed by atoms with E-state index in [0.29, 0.717) is 22.4 Å². The zero-order chi connectivity index (χ0) is 24.7. The molecule has 0 saturated carbocycles. The second-order valence-electron chi connectivity index (χ2n) is 7.35. The first kappa shape index (κ1) is 26.2. The van der Waals surface area contributed by atoms with Gasteiger partial charge in [0.15, 0.2) is 11.2 Å². The molecule has 3 N–H and O–H groups in total. The van der Waals surface area contributed by atoms with Crippen LogP contribution in [0.3, 0.4) is 0 Å². The zero-order valence-corrected chi connectivity index (χ0v) is 21.3. The topological polar surface area (TPSA) is 121 Å². The number of nitrogens with one attached hydrogen (secondary N) is 1. The number of nitrogens with zero attached hydrogens (tertiary/aromatic N) is 2. The van der Waals surface area contributed by atoms with E-state index in [-0.39, 0.29) is 26.1 Å². The second kappa shape index (κ2) is 12.4. The molecule has 1 unspecified atom stereocenters. The molecule has 1 saturated heterocycles. The summed E-state index contributed by atoms with van der Waals surface area (Å²) in [5.74, 6) is 0.126. The fourth-order valence-corrected chi connectivity index (χ4v) is 4.33. The lowest BCUT2D eigenvalue weighted by molar-refractivity contribution is -0.127. The number of hydrogen-bond acceptors (Lipinski definition) is 8. The lowest BCUT2D eigenvalue weighted by Gasteiger charge is -2.21. The van der Waals surface area contributed by atoms with Crippen LogP contribution < -0.4 is 20.7 Å². The maximum atomic E-state index is 12.5. The van der Waals surface area contributed by atoms with E-state index in [1.807, 2.05) is 5.38 Å². The summed E-state index contributed by atoms with van der Waals surface area (Å²) in [4.78, 5) is 18.5. The quantitative estimate of drug-likeness (QED) is 0.422. The number of carbonyl (C=O) groups excluding carboxylic acids is 1. The third kappa shape index (κ3) is 7.31. The van der Waals surface area contributed by atoms with E-state index in [4.69, 9.17) is 33.7 Å². The van der Waals surface area contributed by atoms with E-state index in [2.05, 4.69) is 15.2 Å². The van der Waals surface area contributed by atoms with Crippen molar-refractivity contribution in [2.45, 2.75) is 30.4 Å². The summed E-state index contributed by atoms with van der Waals surface area (Å²) in [5, 5.41) is 6.10. The van der Waals surface area contributed by atoms with Crippen molar-refractivity contribution in [3.63, 3.8) is 0 Å². The molecule has 0 aliphatic carbocycles. The summed E-state index contributed by atoms with van der Waals surface area (Å²) in [7, 11) is 0. The SMILES string of the molecule is C[C@@H](Oc1cccc(Cl)c1Cl)C(=O)N[C@H]1CCN(c2ccc(S(=O)[O-])cc2)C1.Nc1nccs1.[HH].[HH].[HH]. The first-order chi connectivity index (χ1) is 16.2. The largest absolute Gasteiger partial charge is 0.768 e. The molecule has 0 radical (unpaired) electrons. The zero-order valence-electron chi connectivity index (χ0n) is 18.1. The average Bonchev–Trinajstić information content (AvgIpc) is 3.49. The highest BCUT2D eigenvalue weighted by molar-refractivity contribution is 7.79. The van der Waals surface area contributed by atoms with Gasteiger partial charge in [0.05, 0.1) is 5.02 Å². The molecule has 0 spiro atoms. The van der Waals surface area contributed by atoms with Gasteiger partial charge >= 0.3 is 0 Å². The number of anilines is 2. The monoisotopic (exact) mass is 547 g/mol. The number of carbonyl (C=O) groups is 1. The summed E-state index contributed by atoms with van der Waals surface area (Å²) >= 11 is 11.3. The molecule has 0 bridgehead atoms. The third-order valence-corrected chi connectivity index (χ3v) is 7.03. The molecule has 1 aliphatic rings. The van der Waals surface area contributed by atoms with Crippen molar-refractivity contribution in [1.82, 2.24) is 10.3 Å². The number of hydrogen-bond donors (Lipinski definition) is 2. The Hall–Kier alpha value is -2.37. The molecule has 2 aromatic carbocycles. The van der Waals surface area contributed by atoms with Crippen LogP contribution in [-0.2, 0) is 15.9 Å². The maximum absolute atomic E-state index is 12.5. The van der Waals surface area contributed by atoms with Gasteiger partial charge in [-0.3, -0.25) is 9.00 Å². The van der Waals surface area contributed by atoms with Gasteiger partial charge in [-0.05, 0) is 60.8 Å². The van der Waals surface area contributed by atoms with Crippen LogP contribution in [0.1, 0.15) is 17.6 Å². The highest BCUT2D eigenvalue weighted by Gasteiger charge is 2.26. The molecule has 8 nitrogen and oxygen atoms in total. The number of nitrogen functional groups attached to an aromatic ring is 1. The van der Waals surface area contributed by atoms with Gasteiger partial charge in [0, 0.05) is 45.6 Å². The Morgan fingerprint density at radius 2 is 2.09 bits per heavy atom. The van der Waals surface area contributed by atoms with Crippen molar-refractivity contribution >= 4 is 62.3 Å². The highest BCUT2D eigenvalue weighted by Crippen LogP contribution is 2.32. The van der Waals surface area contributed by atoms with Crippen molar-refractivity contribution in [3.05, 3.63) is 64.1 Å². The fourth-order valence-electron chi connectivity index (χ4n) is 3.25. The molecular weight excluding hydrogens is 519 g/mol. The van der Waals surface area contributed by atoms with E-state index in [1.165, 1.54) is 11.3 Å². The smallest absolute Gasteiger partial charge is 0.261 e. The number of ether oxygens (including phenoxy) is 1. The number of rotatable bonds is 6. The Balaban J connectivity index is 0.00000127. The van der Waals surface area contributed by atoms with Gasteiger partial charge < -0.3 is 25.2 Å². The number of benzene rings is 2. The van der Waals surface area contributed by atoms with Crippen molar-refractivity contribution in [2.75, 3.05) is 23.7 Å². The number of amides is 1. The predicted molar refractivity (Wildman–Crippen MR) is 142 cm³/mol. The van der Waals surface area contributed by atoms with Crippen LogP contribution in [-0.4, -0.2) is 44.9 Å². The van der Waals surface area contributed by atoms with Crippen LogP contribution in [0.25, 0.3) is 0 Å². The molecule has 3 atom stereocenters. The highest BCUT2D eigenvalue weighted by atomic mass is 35.5. The first-order valence-corrected chi connectivity index (χ1v) is 13.0. The summed E-state index contributed by atoms with van der Waals surface area (Å²) in [6, 6.07) is 11.6. The molecular formula is C22H29Cl2N4O4S2-. The molecule has 34 heavy (non-hydrogen) atoms. The van der Waals surface area contributed by atoms with Crippen LogP contribution in [0.4, 0.5) is 10.8 Å². The second-order valence-corrected chi connectivity index (χ2v) is 10.0. The van der Waals surface area contributed by atoms with Gasteiger partial charge in [0.2, 0.25) is 0 Å². The van der Waals surface area contributed by atoms with Gasteiger partial charge in [-0.2, -0.15) is 0 Å². The minimum atomic E-state index is -2.24. The number of thiazole rings is 1. The Morgan fingerprint density at radius 3 is 2.68 bits per heavy atom. The number of nitrogens with two attached hydrogens (primary N) is 1. The van der Waals surface area contributed by atoms with Crippen LogP contribution in [0.2, 0.25) is 10.0 Å². The minimum absolute atomic E-state index is 0. The predicted octanol–water partition coefficient (Wildman–Crippen LogP) is 4.86. The lowest BCUT2D eigenvalue weighted by atomic mass is 10.2. The van der Waals surface area contributed by atoms with Crippen molar-refractivity contribution < 1.29 is 22.6 Å². The van der Waals surface area contributed by atoms with E-state index in [1.54, 1.807) is 55.6 Å². The minimum Gasteiger partial charge on any atom is -0.768 e. The number of halogens is 2. The molecule has 12 heteroatoms. The standard InChI is InChI=1S/C19H20Cl2N2O4S.C3H4N2S.3H2/c1-12(27-17-4-2-3-16(20)18(17)21)19(24)22-13-9-10-23(11-13)14-5-7-15(8-6-14)28(25)26;4-3-5-1-2-6-3;;;/h2-8,12-13H,9-11H2,1H3,(H,22,24)(H,25,26);1-2H,(H2,4,5);3*1H/p-1/t12-,13+;;;;/m1..../s1. The van der Waals surface area contributed by atoms with Gasteiger partial charge in [-0.25, -0.2) is 4.98 Å². The summed E-state index contributed by atoms with van der Waals surface area (Å²) < 4.78 is 27.6. The molecule has 188 valence electrons. The Kier molecular flexibility index (Phi) is 9.54. The normalized spacial score (nSPS) is 16.8. The summed E-state index contributed by atoms with van der Waals surface area (Å²) in [6.07, 6.45) is 1.74. The van der Waals surface area contributed by atoms with Crippen LogP contribution in [0.15, 0.2) is 58.9 Å². The third-order valence-electron chi connectivity index (χ3n) is 4.97. The maximum Gasteiger partial charge on any atom is 0.261 e. The molecule has 1 fully saturated rings. The Morgan fingerprint density at radius 1 is 1.35 bits per heavy atom. The van der Waals surface area contributed by atoms with Gasteiger partial charge in [0.25, 0.3) is 5.91 Å². The first-order valence-electron chi connectivity index (χ1n) is 10.2. The van der Waals surface area contributed by atoms with E-state index in [0.717, 1.165) is 18.7 Å². The van der Waals surface area contributed by atoms with Gasteiger partial charge in [0.1, 0.15) is 10.8 Å².